The zero-order chi connectivity index (χ0) is 11.5. The van der Waals surface area contributed by atoms with Gasteiger partial charge < -0.3 is 9.63 Å². The highest BCUT2D eigenvalue weighted by molar-refractivity contribution is 7.46. The lowest BCUT2D eigenvalue weighted by molar-refractivity contribution is 0.0678. The fourth-order valence-corrected chi connectivity index (χ4v) is 1.23. The second-order valence-electron chi connectivity index (χ2n) is 2.72. The average Bonchev–Trinajstić information content (AvgIpc) is 2.15. The SMILES string of the molecule is O=C(OP(=O)(O)O)c1ccc(CO)cc1. The van der Waals surface area contributed by atoms with Gasteiger partial charge in [0.05, 0.1) is 12.2 Å². The molecule has 0 heterocycles. The second kappa shape index (κ2) is 4.55. The molecule has 1 aromatic rings. The van der Waals surface area contributed by atoms with Crippen LogP contribution in [-0.4, -0.2) is 20.9 Å². The number of phosphoric ester groups is 1. The fourth-order valence-electron chi connectivity index (χ4n) is 0.907. The van der Waals surface area contributed by atoms with E-state index in [0.29, 0.717) is 5.56 Å². The summed E-state index contributed by atoms with van der Waals surface area (Å²) in [5, 5.41) is 8.71. The van der Waals surface area contributed by atoms with Gasteiger partial charge in [-0.05, 0) is 17.7 Å². The largest absolute Gasteiger partial charge is 0.527 e. The van der Waals surface area contributed by atoms with Crippen molar-refractivity contribution in [2.24, 2.45) is 0 Å². The van der Waals surface area contributed by atoms with Gasteiger partial charge in [-0.2, -0.15) is 0 Å². The molecule has 3 N–H and O–H groups in total. The molecule has 1 aromatic carbocycles. The Balaban J connectivity index is 2.79. The third-order valence-corrected chi connectivity index (χ3v) is 1.98. The first kappa shape index (κ1) is 11.9. The predicted molar refractivity (Wildman–Crippen MR) is 49.8 cm³/mol. The highest BCUT2D eigenvalue weighted by Crippen LogP contribution is 2.36. The predicted octanol–water partition coefficient (Wildman–Crippen LogP) is 0.428. The Labute approximate surface area is 85.4 Å². The van der Waals surface area contributed by atoms with Crippen LogP contribution >= 0.6 is 7.82 Å². The first-order valence-corrected chi connectivity index (χ1v) is 5.44. The molecule has 0 saturated heterocycles. The molecular weight excluding hydrogens is 223 g/mol. The van der Waals surface area contributed by atoms with E-state index in [-0.39, 0.29) is 12.2 Å². The molecule has 0 aliphatic rings. The molecule has 82 valence electrons. The maximum absolute atomic E-state index is 11.1. The topological polar surface area (TPSA) is 104 Å². The number of benzene rings is 1. The van der Waals surface area contributed by atoms with Crippen molar-refractivity contribution in [1.82, 2.24) is 0 Å². The average molecular weight is 232 g/mol. The number of hydrogen-bond donors (Lipinski definition) is 3. The minimum absolute atomic E-state index is 0.00975. The minimum Gasteiger partial charge on any atom is -0.392 e. The van der Waals surface area contributed by atoms with Gasteiger partial charge in [0.15, 0.2) is 0 Å². The third-order valence-electron chi connectivity index (χ3n) is 1.57. The second-order valence-corrected chi connectivity index (χ2v) is 3.89. The Morgan fingerprint density at radius 3 is 2.20 bits per heavy atom. The molecule has 0 atom stereocenters. The Kier molecular flexibility index (Phi) is 3.60. The van der Waals surface area contributed by atoms with Crippen molar-refractivity contribution in [2.45, 2.75) is 6.61 Å². The maximum Gasteiger partial charge on any atom is 0.527 e. The molecule has 0 fully saturated rings. The summed E-state index contributed by atoms with van der Waals surface area (Å²) in [5.74, 6) is -1.10. The van der Waals surface area contributed by atoms with Crippen molar-refractivity contribution in [2.75, 3.05) is 0 Å². The summed E-state index contributed by atoms with van der Waals surface area (Å²) in [6.45, 7) is -0.173. The van der Waals surface area contributed by atoms with Gasteiger partial charge >= 0.3 is 13.8 Å². The van der Waals surface area contributed by atoms with E-state index in [1.807, 2.05) is 0 Å². The van der Waals surface area contributed by atoms with E-state index in [4.69, 9.17) is 14.9 Å². The highest BCUT2D eigenvalue weighted by Gasteiger charge is 2.21. The lowest BCUT2D eigenvalue weighted by atomic mass is 10.1. The number of rotatable bonds is 3. The Hall–Kier alpha value is -1.20. The maximum atomic E-state index is 11.1. The Morgan fingerprint density at radius 2 is 1.80 bits per heavy atom. The third kappa shape index (κ3) is 3.81. The van der Waals surface area contributed by atoms with Crippen molar-refractivity contribution in [3.63, 3.8) is 0 Å². The molecular formula is C8H9O6P. The molecule has 0 radical (unpaired) electrons. The van der Waals surface area contributed by atoms with Gasteiger partial charge in [-0.3, -0.25) is 9.79 Å². The van der Waals surface area contributed by atoms with Crippen LogP contribution in [0.15, 0.2) is 24.3 Å². The van der Waals surface area contributed by atoms with Crippen LogP contribution in [0.1, 0.15) is 15.9 Å². The number of carbonyl (C=O) groups is 1. The first-order chi connectivity index (χ1) is 6.92. The summed E-state index contributed by atoms with van der Waals surface area (Å²) >= 11 is 0. The van der Waals surface area contributed by atoms with Crippen LogP contribution in [0.2, 0.25) is 0 Å². The van der Waals surface area contributed by atoms with Crippen LogP contribution in [0, 0.1) is 0 Å². The van der Waals surface area contributed by atoms with Crippen molar-refractivity contribution >= 4 is 13.8 Å². The van der Waals surface area contributed by atoms with Gasteiger partial charge in [0.2, 0.25) is 0 Å². The van der Waals surface area contributed by atoms with Gasteiger partial charge in [-0.15, -0.1) is 0 Å². The number of hydrogen-bond acceptors (Lipinski definition) is 4. The van der Waals surface area contributed by atoms with Gasteiger partial charge in [0, 0.05) is 0 Å². The van der Waals surface area contributed by atoms with Crippen LogP contribution in [0.5, 0.6) is 0 Å². The van der Waals surface area contributed by atoms with Crippen molar-refractivity contribution in [3.05, 3.63) is 35.4 Å². The molecule has 6 nitrogen and oxygen atoms in total. The van der Waals surface area contributed by atoms with Crippen LogP contribution in [0.3, 0.4) is 0 Å². The van der Waals surface area contributed by atoms with Crippen LogP contribution < -0.4 is 0 Å². The van der Waals surface area contributed by atoms with Crippen molar-refractivity contribution < 1.29 is 28.8 Å². The summed E-state index contributed by atoms with van der Waals surface area (Å²) in [4.78, 5) is 27.8. The van der Waals surface area contributed by atoms with E-state index in [1.54, 1.807) is 0 Å². The first-order valence-electron chi connectivity index (χ1n) is 3.91. The van der Waals surface area contributed by atoms with Gasteiger partial charge in [0.25, 0.3) is 0 Å². The molecule has 0 spiro atoms. The lowest BCUT2D eigenvalue weighted by Gasteiger charge is -2.05. The molecule has 0 amide bonds. The summed E-state index contributed by atoms with van der Waals surface area (Å²) in [6.07, 6.45) is 0. The fraction of sp³-hybridized carbons (Fsp3) is 0.125. The molecule has 0 unspecified atom stereocenters. The Bertz CT molecular complexity index is 392. The molecule has 0 aromatic heterocycles. The zero-order valence-corrected chi connectivity index (χ0v) is 8.42. The number of aliphatic hydroxyl groups is 1. The summed E-state index contributed by atoms with van der Waals surface area (Å²) in [6, 6.07) is 5.53. The molecule has 7 heteroatoms. The normalized spacial score (nSPS) is 11.1. The van der Waals surface area contributed by atoms with E-state index in [2.05, 4.69) is 4.52 Å². The number of aliphatic hydroxyl groups excluding tert-OH is 1. The molecule has 0 aliphatic carbocycles. The molecule has 0 saturated carbocycles. The van der Waals surface area contributed by atoms with Crippen LogP contribution in [0.4, 0.5) is 0 Å². The van der Waals surface area contributed by atoms with Gasteiger partial charge in [0.1, 0.15) is 0 Å². The molecule has 15 heavy (non-hydrogen) atoms. The van der Waals surface area contributed by atoms with E-state index in [9.17, 15) is 9.36 Å². The standard InChI is InChI=1S/C8H9O6P/c9-5-6-1-3-7(4-2-6)8(10)14-15(11,12)13/h1-4,9H,5H2,(H2,11,12,13). The summed E-state index contributed by atoms with van der Waals surface area (Å²) in [7, 11) is -4.81. The smallest absolute Gasteiger partial charge is 0.392 e. The highest BCUT2D eigenvalue weighted by atomic mass is 31.2. The molecule has 1 rings (SSSR count). The van der Waals surface area contributed by atoms with Crippen molar-refractivity contribution in [1.29, 1.82) is 0 Å². The summed E-state index contributed by atoms with van der Waals surface area (Å²) in [5.41, 5.74) is 0.596. The monoisotopic (exact) mass is 232 g/mol. The van der Waals surface area contributed by atoms with Crippen LogP contribution in [0.25, 0.3) is 0 Å². The summed E-state index contributed by atoms with van der Waals surface area (Å²) < 4.78 is 14.2. The van der Waals surface area contributed by atoms with Gasteiger partial charge in [-0.1, -0.05) is 12.1 Å². The van der Waals surface area contributed by atoms with Gasteiger partial charge in [-0.25, -0.2) is 9.36 Å². The van der Waals surface area contributed by atoms with Crippen molar-refractivity contribution in [3.8, 4) is 0 Å². The van der Waals surface area contributed by atoms with Crippen LogP contribution in [-0.2, 0) is 15.7 Å². The zero-order valence-electron chi connectivity index (χ0n) is 7.53. The lowest BCUT2D eigenvalue weighted by Crippen LogP contribution is -2.03. The Morgan fingerprint density at radius 1 is 1.27 bits per heavy atom. The van der Waals surface area contributed by atoms with E-state index < -0.39 is 13.8 Å². The molecule has 0 aliphatic heterocycles. The van der Waals surface area contributed by atoms with E-state index in [1.165, 1.54) is 24.3 Å². The number of phosphoric acid groups is 1. The molecule has 0 bridgehead atoms. The quantitative estimate of drug-likeness (QED) is 0.652. The number of carbonyl (C=O) groups excluding carboxylic acids is 1. The van der Waals surface area contributed by atoms with E-state index in [0.717, 1.165) is 0 Å². The minimum atomic E-state index is -4.81. The van der Waals surface area contributed by atoms with E-state index >= 15 is 0 Å².